The largest absolute Gasteiger partial charge is 0.315 e. The van der Waals surface area contributed by atoms with E-state index in [1.165, 1.54) is 12.1 Å². The maximum atomic E-state index is 4.53. The number of nitrogens with one attached hydrogen (secondary N) is 1. The van der Waals surface area contributed by atoms with Crippen LogP contribution in [0, 0.1) is 12.8 Å². The average molecular weight is 269 g/mol. The summed E-state index contributed by atoms with van der Waals surface area (Å²) in [5.74, 6) is 0.717. The van der Waals surface area contributed by atoms with E-state index in [0.29, 0.717) is 12.0 Å². The average Bonchev–Trinajstić information content (AvgIpc) is 2.69. The van der Waals surface area contributed by atoms with Gasteiger partial charge < -0.3 is 5.32 Å². The lowest BCUT2D eigenvalue weighted by Gasteiger charge is -2.27. The Balaban J connectivity index is 2.39. The summed E-state index contributed by atoms with van der Waals surface area (Å²) in [5.41, 5.74) is 1.20. The Kier molecular flexibility index (Phi) is 6.82. The molecule has 0 saturated carbocycles. The molecule has 1 unspecified atom stereocenters. The molecule has 0 aliphatic heterocycles. The van der Waals surface area contributed by atoms with Crippen molar-refractivity contribution in [3.8, 4) is 0 Å². The number of aryl methyl sites for hydroxylation is 1. The summed E-state index contributed by atoms with van der Waals surface area (Å²) in [5, 5.41) is 6.87. The van der Waals surface area contributed by atoms with Crippen LogP contribution in [0.3, 0.4) is 0 Å². The summed E-state index contributed by atoms with van der Waals surface area (Å²) < 4.78 is 0. The van der Waals surface area contributed by atoms with Crippen LogP contribution < -0.4 is 5.32 Å². The second kappa shape index (κ2) is 7.87. The Morgan fingerprint density at radius 3 is 2.61 bits per heavy atom. The van der Waals surface area contributed by atoms with Crippen LogP contribution in [0.1, 0.15) is 37.9 Å². The molecule has 0 aromatic carbocycles. The monoisotopic (exact) mass is 269 g/mol. The minimum absolute atomic E-state index is 0.589. The van der Waals surface area contributed by atoms with Gasteiger partial charge in [-0.3, -0.25) is 4.90 Å². The second-order valence-corrected chi connectivity index (χ2v) is 6.45. The van der Waals surface area contributed by atoms with E-state index in [0.717, 1.165) is 24.6 Å². The van der Waals surface area contributed by atoms with Gasteiger partial charge >= 0.3 is 0 Å². The van der Waals surface area contributed by atoms with Crippen LogP contribution in [0.25, 0.3) is 0 Å². The molecule has 0 aliphatic carbocycles. The molecule has 1 aromatic heterocycles. The molecule has 0 fully saturated rings. The third kappa shape index (κ3) is 5.46. The van der Waals surface area contributed by atoms with E-state index >= 15 is 0 Å². The molecule has 0 spiro atoms. The third-order valence-electron chi connectivity index (χ3n) is 3.11. The minimum atomic E-state index is 0.589. The summed E-state index contributed by atoms with van der Waals surface area (Å²) in [6, 6.07) is 0.589. The van der Waals surface area contributed by atoms with Gasteiger partial charge in [0.25, 0.3) is 0 Å². The quantitative estimate of drug-likeness (QED) is 0.786. The Labute approximate surface area is 116 Å². The molecule has 0 radical (unpaired) electrons. The highest BCUT2D eigenvalue weighted by molar-refractivity contribution is 7.09. The van der Waals surface area contributed by atoms with E-state index < -0.39 is 0 Å². The number of rotatable bonds is 8. The maximum absolute atomic E-state index is 4.53. The molecule has 0 amide bonds. The molecular formula is C14H27N3S. The Morgan fingerprint density at radius 1 is 1.39 bits per heavy atom. The zero-order valence-corrected chi connectivity index (χ0v) is 13.2. The van der Waals surface area contributed by atoms with Gasteiger partial charge in [-0.2, -0.15) is 0 Å². The highest BCUT2D eigenvalue weighted by Gasteiger charge is 2.13. The van der Waals surface area contributed by atoms with Gasteiger partial charge in [0.2, 0.25) is 0 Å². The van der Waals surface area contributed by atoms with Gasteiger partial charge in [0.05, 0.1) is 10.7 Å². The molecule has 18 heavy (non-hydrogen) atoms. The van der Waals surface area contributed by atoms with E-state index in [2.05, 4.69) is 55.3 Å². The van der Waals surface area contributed by atoms with Crippen molar-refractivity contribution in [2.45, 2.75) is 46.7 Å². The summed E-state index contributed by atoms with van der Waals surface area (Å²) in [7, 11) is 2.19. The highest BCUT2D eigenvalue weighted by Crippen LogP contribution is 2.12. The zero-order valence-electron chi connectivity index (χ0n) is 12.4. The summed E-state index contributed by atoms with van der Waals surface area (Å²) >= 11 is 1.73. The number of nitrogens with zero attached hydrogens (tertiary/aromatic N) is 2. The van der Waals surface area contributed by atoms with Crippen LogP contribution in [0.4, 0.5) is 0 Å². The van der Waals surface area contributed by atoms with E-state index in [1.807, 2.05) is 0 Å². The molecule has 4 heteroatoms. The summed E-state index contributed by atoms with van der Waals surface area (Å²) in [6.07, 6.45) is 1.17. The molecule has 104 valence electrons. The van der Waals surface area contributed by atoms with Crippen molar-refractivity contribution in [1.29, 1.82) is 0 Å². The molecule has 3 nitrogen and oxygen atoms in total. The predicted molar refractivity (Wildman–Crippen MR) is 80.1 cm³/mol. The number of thiazole rings is 1. The first-order chi connectivity index (χ1) is 8.52. The number of aromatic nitrogens is 1. The first-order valence-electron chi connectivity index (χ1n) is 6.84. The van der Waals surface area contributed by atoms with Crippen LogP contribution >= 0.6 is 11.3 Å². The van der Waals surface area contributed by atoms with Gasteiger partial charge in [0, 0.05) is 24.5 Å². The van der Waals surface area contributed by atoms with Gasteiger partial charge in [-0.05, 0) is 32.9 Å². The van der Waals surface area contributed by atoms with Gasteiger partial charge in [-0.15, -0.1) is 11.3 Å². The third-order valence-corrected chi connectivity index (χ3v) is 3.93. The molecule has 0 aliphatic rings. The Hall–Kier alpha value is -0.450. The van der Waals surface area contributed by atoms with E-state index in [4.69, 9.17) is 0 Å². The van der Waals surface area contributed by atoms with Crippen LogP contribution in [-0.4, -0.2) is 36.1 Å². The van der Waals surface area contributed by atoms with Gasteiger partial charge in [-0.1, -0.05) is 20.8 Å². The molecule has 1 atom stereocenters. The topological polar surface area (TPSA) is 28.2 Å². The maximum Gasteiger partial charge on any atom is 0.0897 e. The molecule has 1 heterocycles. The molecule has 0 saturated heterocycles. The van der Waals surface area contributed by atoms with Crippen LogP contribution in [0.15, 0.2) is 5.38 Å². The van der Waals surface area contributed by atoms with Crippen LogP contribution in [0.2, 0.25) is 0 Å². The van der Waals surface area contributed by atoms with Crippen molar-refractivity contribution in [3.63, 3.8) is 0 Å². The van der Waals surface area contributed by atoms with E-state index in [-0.39, 0.29) is 0 Å². The zero-order chi connectivity index (χ0) is 13.5. The van der Waals surface area contributed by atoms with E-state index in [9.17, 15) is 0 Å². The molecule has 1 aromatic rings. The smallest absolute Gasteiger partial charge is 0.0897 e. The highest BCUT2D eigenvalue weighted by atomic mass is 32.1. The van der Waals surface area contributed by atoms with Crippen molar-refractivity contribution in [3.05, 3.63) is 16.1 Å². The van der Waals surface area contributed by atoms with Crippen molar-refractivity contribution >= 4 is 11.3 Å². The second-order valence-electron chi connectivity index (χ2n) is 5.39. The standard InChI is InChI=1S/C14H27N3S/c1-6-14(8-15-7-11(2)3)17(5)9-13-10-18-12(4)16-13/h10-11,14-15H,6-9H2,1-5H3. The van der Waals surface area contributed by atoms with Gasteiger partial charge in [0.1, 0.15) is 0 Å². The van der Waals surface area contributed by atoms with Crippen molar-refractivity contribution in [1.82, 2.24) is 15.2 Å². The lowest BCUT2D eigenvalue weighted by molar-refractivity contribution is 0.218. The Bertz CT molecular complexity index is 336. The normalized spacial score (nSPS) is 13.5. The number of likely N-dealkylation sites (N-methyl/N-ethyl adjacent to an activating group) is 1. The van der Waals surface area contributed by atoms with Crippen LogP contribution in [-0.2, 0) is 6.54 Å². The lowest BCUT2D eigenvalue weighted by atomic mass is 10.1. The van der Waals surface area contributed by atoms with Crippen molar-refractivity contribution in [2.75, 3.05) is 20.1 Å². The first kappa shape index (κ1) is 15.6. The molecule has 1 rings (SSSR count). The Morgan fingerprint density at radius 2 is 2.11 bits per heavy atom. The van der Waals surface area contributed by atoms with Gasteiger partial charge in [0.15, 0.2) is 0 Å². The molecule has 1 N–H and O–H groups in total. The first-order valence-corrected chi connectivity index (χ1v) is 7.72. The van der Waals surface area contributed by atoms with Crippen molar-refractivity contribution in [2.24, 2.45) is 5.92 Å². The van der Waals surface area contributed by atoms with Gasteiger partial charge in [-0.25, -0.2) is 4.98 Å². The number of hydrogen-bond donors (Lipinski definition) is 1. The van der Waals surface area contributed by atoms with Crippen molar-refractivity contribution < 1.29 is 0 Å². The molecule has 0 bridgehead atoms. The minimum Gasteiger partial charge on any atom is -0.315 e. The molecular weight excluding hydrogens is 242 g/mol. The lowest BCUT2D eigenvalue weighted by Crippen LogP contribution is -2.40. The van der Waals surface area contributed by atoms with E-state index in [1.54, 1.807) is 11.3 Å². The fourth-order valence-electron chi connectivity index (χ4n) is 2.02. The fourth-order valence-corrected chi connectivity index (χ4v) is 2.62. The fraction of sp³-hybridized carbons (Fsp3) is 0.786. The van der Waals surface area contributed by atoms with Crippen LogP contribution in [0.5, 0.6) is 0 Å². The predicted octanol–water partition coefficient (Wildman–Crippen LogP) is 2.91. The summed E-state index contributed by atoms with van der Waals surface area (Å²) in [6.45, 7) is 11.9. The number of hydrogen-bond acceptors (Lipinski definition) is 4. The summed E-state index contributed by atoms with van der Waals surface area (Å²) in [4.78, 5) is 6.94. The SMILES string of the molecule is CCC(CNCC(C)C)N(C)Cc1csc(C)n1.